The van der Waals surface area contributed by atoms with Gasteiger partial charge >= 0.3 is 0 Å². The van der Waals surface area contributed by atoms with E-state index in [0.717, 1.165) is 10.4 Å². The van der Waals surface area contributed by atoms with Crippen molar-refractivity contribution in [2.75, 3.05) is 6.54 Å². The van der Waals surface area contributed by atoms with Crippen LogP contribution in [0.2, 0.25) is 0 Å². The van der Waals surface area contributed by atoms with Crippen molar-refractivity contribution in [3.05, 3.63) is 21.9 Å². The molecule has 0 saturated heterocycles. The number of rotatable bonds is 4. The summed E-state index contributed by atoms with van der Waals surface area (Å²) in [6, 6.07) is 1.99. The van der Waals surface area contributed by atoms with Gasteiger partial charge in [0, 0.05) is 6.54 Å². The molecule has 1 atom stereocenters. The SMILES string of the molecule is CC(C)c1ccsc1C(=O)NCC(O)C(C)(C)C. The Morgan fingerprint density at radius 1 is 1.44 bits per heavy atom. The van der Waals surface area contributed by atoms with E-state index < -0.39 is 6.10 Å². The number of carbonyl (C=O) groups excluding carboxylic acids is 1. The molecule has 0 radical (unpaired) electrons. The van der Waals surface area contributed by atoms with Crippen molar-refractivity contribution in [2.24, 2.45) is 5.41 Å². The summed E-state index contributed by atoms with van der Waals surface area (Å²) in [5, 5.41) is 14.6. The Morgan fingerprint density at radius 2 is 2.06 bits per heavy atom. The standard InChI is InChI=1S/C14H23NO2S/c1-9(2)10-6-7-18-12(10)13(17)15-8-11(16)14(3,4)5/h6-7,9,11,16H,8H2,1-5H3,(H,15,17). The van der Waals surface area contributed by atoms with Gasteiger partial charge in [-0.25, -0.2) is 0 Å². The van der Waals surface area contributed by atoms with Crippen LogP contribution in [0.3, 0.4) is 0 Å². The van der Waals surface area contributed by atoms with Crippen molar-refractivity contribution in [3.63, 3.8) is 0 Å². The van der Waals surface area contributed by atoms with Gasteiger partial charge in [-0.1, -0.05) is 34.6 Å². The molecular weight excluding hydrogens is 246 g/mol. The van der Waals surface area contributed by atoms with Crippen LogP contribution in [0, 0.1) is 5.41 Å². The predicted molar refractivity (Wildman–Crippen MR) is 76.2 cm³/mol. The number of carbonyl (C=O) groups is 1. The molecule has 4 heteroatoms. The molecule has 1 aromatic rings. The minimum Gasteiger partial charge on any atom is -0.391 e. The van der Waals surface area contributed by atoms with E-state index >= 15 is 0 Å². The molecule has 1 aromatic heterocycles. The van der Waals surface area contributed by atoms with Crippen molar-refractivity contribution in [2.45, 2.75) is 46.6 Å². The molecule has 1 heterocycles. The third-order valence-corrected chi connectivity index (χ3v) is 3.91. The number of nitrogens with one attached hydrogen (secondary N) is 1. The number of hydrogen-bond acceptors (Lipinski definition) is 3. The zero-order chi connectivity index (χ0) is 13.9. The number of amides is 1. The van der Waals surface area contributed by atoms with Crippen molar-refractivity contribution < 1.29 is 9.90 Å². The first kappa shape index (κ1) is 15.2. The molecule has 0 fully saturated rings. The Bertz CT molecular complexity index is 404. The van der Waals surface area contributed by atoms with Crippen molar-refractivity contribution in [3.8, 4) is 0 Å². The summed E-state index contributed by atoms with van der Waals surface area (Å²) < 4.78 is 0. The van der Waals surface area contributed by atoms with Gasteiger partial charge in [-0.3, -0.25) is 4.79 Å². The van der Waals surface area contributed by atoms with Crippen LogP contribution in [0.15, 0.2) is 11.4 Å². The summed E-state index contributed by atoms with van der Waals surface area (Å²) in [5.41, 5.74) is 0.853. The number of aliphatic hydroxyl groups excluding tert-OH is 1. The smallest absolute Gasteiger partial charge is 0.261 e. The Morgan fingerprint density at radius 3 is 2.56 bits per heavy atom. The highest BCUT2D eigenvalue weighted by molar-refractivity contribution is 7.12. The molecule has 1 amide bonds. The summed E-state index contributed by atoms with van der Waals surface area (Å²) >= 11 is 1.45. The average Bonchev–Trinajstić information content (AvgIpc) is 2.72. The summed E-state index contributed by atoms with van der Waals surface area (Å²) in [7, 11) is 0. The first-order valence-corrected chi connectivity index (χ1v) is 7.15. The highest BCUT2D eigenvalue weighted by atomic mass is 32.1. The third-order valence-electron chi connectivity index (χ3n) is 2.98. The lowest BCUT2D eigenvalue weighted by Crippen LogP contribution is -2.39. The largest absolute Gasteiger partial charge is 0.391 e. The van der Waals surface area contributed by atoms with E-state index in [-0.39, 0.29) is 17.9 Å². The van der Waals surface area contributed by atoms with Crippen LogP contribution < -0.4 is 5.32 Å². The van der Waals surface area contributed by atoms with Gasteiger partial charge < -0.3 is 10.4 Å². The van der Waals surface area contributed by atoms with E-state index in [1.807, 2.05) is 32.2 Å². The van der Waals surface area contributed by atoms with E-state index in [1.165, 1.54) is 11.3 Å². The lowest BCUT2D eigenvalue weighted by atomic mass is 9.89. The van der Waals surface area contributed by atoms with Crippen LogP contribution in [0.1, 0.15) is 55.8 Å². The van der Waals surface area contributed by atoms with E-state index in [0.29, 0.717) is 5.92 Å². The van der Waals surface area contributed by atoms with Crippen molar-refractivity contribution in [1.29, 1.82) is 0 Å². The normalized spacial score (nSPS) is 13.7. The number of aliphatic hydroxyl groups is 1. The molecule has 18 heavy (non-hydrogen) atoms. The molecule has 1 unspecified atom stereocenters. The number of hydrogen-bond donors (Lipinski definition) is 2. The van der Waals surface area contributed by atoms with Crippen LogP contribution >= 0.6 is 11.3 Å². The molecular formula is C14H23NO2S. The zero-order valence-corrected chi connectivity index (χ0v) is 12.6. The second kappa shape index (κ2) is 5.85. The van der Waals surface area contributed by atoms with E-state index in [9.17, 15) is 9.90 Å². The molecule has 3 nitrogen and oxygen atoms in total. The van der Waals surface area contributed by atoms with Crippen molar-refractivity contribution >= 4 is 17.2 Å². The minimum absolute atomic E-state index is 0.0861. The topological polar surface area (TPSA) is 49.3 Å². The molecule has 102 valence electrons. The lowest BCUT2D eigenvalue weighted by molar-refractivity contribution is 0.0587. The second-order valence-corrected chi connectivity index (χ2v) is 6.87. The van der Waals surface area contributed by atoms with Gasteiger partial charge in [0.2, 0.25) is 0 Å². The van der Waals surface area contributed by atoms with E-state index in [2.05, 4.69) is 19.2 Å². The van der Waals surface area contributed by atoms with Gasteiger partial charge in [-0.15, -0.1) is 11.3 Å². The van der Waals surface area contributed by atoms with E-state index in [4.69, 9.17) is 0 Å². The fraction of sp³-hybridized carbons (Fsp3) is 0.643. The average molecular weight is 269 g/mol. The monoisotopic (exact) mass is 269 g/mol. The Kier molecular flexibility index (Phi) is 4.93. The van der Waals surface area contributed by atoms with Gasteiger partial charge in [0.1, 0.15) is 0 Å². The quantitative estimate of drug-likeness (QED) is 0.882. The van der Waals surface area contributed by atoms with Gasteiger partial charge in [0.25, 0.3) is 5.91 Å². The summed E-state index contributed by atoms with van der Waals surface area (Å²) in [5.74, 6) is 0.251. The molecule has 0 aliphatic rings. The molecule has 0 saturated carbocycles. The summed E-state index contributed by atoms with van der Waals surface area (Å²) in [4.78, 5) is 12.8. The molecule has 1 rings (SSSR count). The fourth-order valence-electron chi connectivity index (χ4n) is 1.53. The first-order chi connectivity index (χ1) is 8.23. The predicted octanol–water partition coefficient (Wildman–Crippen LogP) is 3.01. The maximum Gasteiger partial charge on any atom is 0.261 e. The highest BCUT2D eigenvalue weighted by Crippen LogP contribution is 2.24. The van der Waals surface area contributed by atoms with Crippen LogP contribution in [0.25, 0.3) is 0 Å². The minimum atomic E-state index is -0.538. The molecule has 0 aliphatic heterocycles. The van der Waals surface area contributed by atoms with Crippen LogP contribution in [0.5, 0.6) is 0 Å². The van der Waals surface area contributed by atoms with Crippen molar-refractivity contribution in [1.82, 2.24) is 5.32 Å². The van der Waals surface area contributed by atoms with Gasteiger partial charge in [0.05, 0.1) is 11.0 Å². The zero-order valence-electron chi connectivity index (χ0n) is 11.8. The number of thiophene rings is 1. The van der Waals surface area contributed by atoms with Crippen LogP contribution in [0.4, 0.5) is 0 Å². The van der Waals surface area contributed by atoms with Gasteiger partial charge in [-0.2, -0.15) is 0 Å². The molecule has 0 aromatic carbocycles. The Balaban J connectivity index is 2.64. The van der Waals surface area contributed by atoms with Gasteiger partial charge in [-0.05, 0) is 28.3 Å². The summed E-state index contributed by atoms with van der Waals surface area (Å²) in [6.07, 6.45) is -0.538. The Labute approximate surface area is 113 Å². The van der Waals surface area contributed by atoms with Crippen LogP contribution in [-0.2, 0) is 0 Å². The van der Waals surface area contributed by atoms with Crippen LogP contribution in [-0.4, -0.2) is 23.7 Å². The maximum absolute atomic E-state index is 12.1. The first-order valence-electron chi connectivity index (χ1n) is 6.27. The molecule has 0 bridgehead atoms. The third kappa shape index (κ3) is 3.82. The fourth-order valence-corrected chi connectivity index (χ4v) is 2.50. The molecule has 0 spiro atoms. The lowest BCUT2D eigenvalue weighted by Gasteiger charge is -2.25. The van der Waals surface area contributed by atoms with Gasteiger partial charge in [0.15, 0.2) is 0 Å². The summed E-state index contributed by atoms with van der Waals surface area (Å²) in [6.45, 7) is 10.3. The molecule has 0 aliphatic carbocycles. The molecule has 2 N–H and O–H groups in total. The van der Waals surface area contributed by atoms with E-state index in [1.54, 1.807) is 0 Å². The second-order valence-electron chi connectivity index (χ2n) is 5.95. The Hall–Kier alpha value is -0.870. The highest BCUT2D eigenvalue weighted by Gasteiger charge is 2.23. The maximum atomic E-state index is 12.1.